The van der Waals surface area contributed by atoms with Crippen molar-refractivity contribution in [3.05, 3.63) is 65.7 Å². The van der Waals surface area contributed by atoms with Crippen molar-refractivity contribution in [3.8, 4) is 5.75 Å². The zero-order valence-corrected chi connectivity index (χ0v) is 13.9. The van der Waals surface area contributed by atoms with Gasteiger partial charge in [0.15, 0.2) is 6.10 Å². The lowest BCUT2D eigenvalue weighted by atomic mass is 10.1. The number of nitrogens with one attached hydrogen (secondary N) is 1. The van der Waals surface area contributed by atoms with Crippen LogP contribution in [0, 0.1) is 6.92 Å². The van der Waals surface area contributed by atoms with E-state index >= 15 is 0 Å². The Balaban J connectivity index is 1.76. The van der Waals surface area contributed by atoms with Crippen LogP contribution in [0.4, 0.5) is 0 Å². The molecule has 0 aliphatic heterocycles. The lowest BCUT2D eigenvalue weighted by Crippen LogP contribution is -2.38. The second-order valence-electron chi connectivity index (χ2n) is 5.71. The largest absolute Gasteiger partial charge is 0.481 e. The Labute approximate surface area is 138 Å². The van der Waals surface area contributed by atoms with Crippen LogP contribution in [0.3, 0.4) is 0 Å². The molecule has 3 heteroatoms. The van der Waals surface area contributed by atoms with Gasteiger partial charge in [-0.1, -0.05) is 49.4 Å². The van der Waals surface area contributed by atoms with Gasteiger partial charge >= 0.3 is 0 Å². The number of ether oxygens (including phenoxy) is 1. The molecule has 0 saturated carbocycles. The molecule has 1 N–H and O–H groups in total. The van der Waals surface area contributed by atoms with Crippen molar-refractivity contribution in [2.75, 3.05) is 6.54 Å². The minimum atomic E-state index is -0.437. The third-order valence-electron chi connectivity index (χ3n) is 3.72. The Bertz CT molecular complexity index is 610. The third kappa shape index (κ3) is 5.78. The van der Waals surface area contributed by atoms with Gasteiger partial charge in [-0.3, -0.25) is 4.79 Å². The van der Waals surface area contributed by atoms with Crippen LogP contribution < -0.4 is 10.1 Å². The SMILES string of the molecule is CCC(Oc1cccc(C)c1)C(=O)NCCCc1ccccc1. The first-order chi connectivity index (χ1) is 11.2. The van der Waals surface area contributed by atoms with Crippen molar-refractivity contribution < 1.29 is 9.53 Å². The first-order valence-electron chi connectivity index (χ1n) is 8.24. The van der Waals surface area contributed by atoms with E-state index in [0.717, 1.165) is 24.2 Å². The Morgan fingerprint density at radius 2 is 1.91 bits per heavy atom. The van der Waals surface area contributed by atoms with Crippen LogP contribution in [-0.4, -0.2) is 18.6 Å². The number of hydrogen-bond donors (Lipinski definition) is 1. The van der Waals surface area contributed by atoms with E-state index in [1.165, 1.54) is 5.56 Å². The van der Waals surface area contributed by atoms with Crippen molar-refractivity contribution in [3.63, 3.8) is 0 Å². The molecule has 23 heavy (non-hydrogen) atoms. The molecule has 2 rings (SSSR count). The summed E-state index contributed by atoms with van der Waals surface area (Å²) in [5, 5.41) is 2.97. The topological polar surface area (TPSA) is 38.3 Å². The normalized spacial score (nSPS) is 11.7. The minimum Gasteiger partial charge on any atom is -0.481 e. The minimum absolute atomic E-state index is 0.0398. The fraction of sp³-hybridized carbons (Fsp3) is 0.350. The molecule has 0 saturated heterocycles. The molecule has 0 aliphatic carbocycles. The van der Waals surface area contributed by atoms with Gasteiger partial charge in [0.05, 0.1) is 0 Å². The van der Waals surface area contributed by atoms with Gasteiger partial charge in [-0.15, -0.1) is 0 Å². The van der Waals surface area contributed by atoms with Gasteiger partial charge in [-0.2, -0.15) is 0 Å². The molecule has 0 spiro atoms. The van der Waals surface area contributed by atoms with Crippen molar-refractivity contribution in [1.29, 1.82) is 0 Å². The summed E-state index contributed by atoms with van der Waals surface area (Å²) in [6.45, 7) is 4.64. The molecule has 0 aromatic heterocycles. The van der Waals surface area contributed by atoms with E-state index in [9.17, 15) is 4.79 Å². The van der Waals surface area contributed by atoms with Crippen LogP contribution in [0.1, 0.15) is 30.9 Å². The van der Waals surface area contributed by atoms with Gasteiger partial charge in [0.1, 0.15) is 5.75 Å². The van der Waals surface area contributed by atoms with Crippen molar-refractivity contribution in [2.45, 2.75) is 39.2 Å². The Hall–Kier alpha value is -2.29. The van der Waals surface area contributed by atoms with E-state index in [1.807, 2.05) is 56.3 Å². The van der Waals surface area contributed by atoms with Crippen molar-refractivity contribution >= 4 is 5.91 Å². The molecule has 3 nitrogen and oxygen atoms in total. The van der Waals surface area contributed by atoms with Crippen LogP contribution in [0.15, 0.2) is 54.6 Å². The maximum atomic E-state index is 12.2. The van der Waals surface area contributed by atoms with Gasteiger partial charge < -0.3 is 10.1 Å². The maximum Gasteiger partial charge on any atom is 0.261 e. The molecule has 122 valence electrons. The standard InChI is InChI=1S/C20H25NO2/c1-3-19(23-18-13-7-9-16(2)15-18)20(22)21-14-8-12-17-10-5-4-6-11-17/h4-7,9-11,13,15,19H,3,8,12,14H2,1-2H3,(H,21,22). The van der Waals surface area contributed by atoms with Gasteiger partial charge in [-0.25, -0.2) is 0 Å². The third-order valence-corrected chi connectivity index (χ3v) is 3.72. The number of carbonyl (C=O) groups excluding carboxylic acids is 1. The van der Waals surface area contributed by atoms with Crippen LogP contribution in [0.25, 0.3) is 0 Å². The fourth-order valence-electron chi connectivity index (χ4n) is 2.44. The highest BCUT2D eigenvalue weighted by Gasteiger charge is 2.17. The van der Waals surface area contributed by atoms with Gasteiger partial charge in [0.25, 0.3) is 5.91 Å². The number of hydrogen-bond acceptors (Lipinski definition) is 2. The summed E-state index contributed by atoms with van der Waals surface area (Å²) in [5.74, 6) is 0.707. The molecule has 2 aromatic rings. The maximum absolute atomic E-state index is 12.2. The first-order valence-corrected chi connectivity index (χ1v) is 8.24. The zero-order chi connectivity index (χ0) is 16.5. The number of aryl methyl sites for hydroxylation is 2. The lowest BCUT2D eigenvalue weighted by Gasteiger charge is -2.17. The summed E-state index contributed by atoms with van der Waals surface area (Å²) in [5.41, 5.74) is 2.42. The van der Waals surface area contributed by atoms with Crippen LogP contribution >= 0.6 is 0 Å². The summed E-state index contributed by atoms with van der Waals surface area (Å²) < 4.78 is 5.81. The highest BCUT2D eigenvalue weighted by Crippen LogP contribution is 2.15. The molecule has 0 heterocycles. The summed E-state index contributed by atoms with van der Waals surface area (Å²) in [6.07, 6.45) is 2.11. The van der Waals surface area contributed by atoms with Crippen LogP contribution in [-0.2, 0) is 11.2 Å². The van der Waals surface area contributed by atoms with E-state index < -0.39 is 6.10 Å². The predicted octanol–water partition coefficient (Wildman–Crippen LogP) is 3.90. The molecule has 0 bridgehead atoms. The molecule has 1 amide bonds. The quantitative estimate of drug-likeness (QED) is 0.751. The molecule has 0 radical (unpaired) electrons. The van der Waals surface area contributed by atoms with Gasteiger partial charge in [0.2, 0.25) is 0 Å². The first kappa shape index (κ1) is 17.1. The smallest absolute Gasteiger partial charge is 0.261 e. The fourth-order valence-corrected chi connectivity index (χ4v) is 2.44. The summed E-state index contributed by atoms with van der Waals surface area (Å²) in [6, 6.07) is 18.1. The summed E-state index contributed by atoms with van der Waals surface area (Å²) >= 11 is 0. The molecule has 0 fully saturated rings. The van der Waals surface area contributed by atoms with Crippen molar-refractivity contribution in [1.82, 2.24) is 5.32 Å². The second-order valence-corrected chi connectivity index (χ2v) is 5.71. The summed E-state index contributed by atoms with van der Waals surface area (Å²) in [4.78, 5) is 12.2. The van der Waals surface area contributed by atoms with E-state index in [0.29, 0.717) is 13.0 Å². The Morgan fingerprint density at radius 3 is 2.61 bits per heavy atom. The molecule has 2 aromatic carbocycles. The van der Waals surface area contributed by atoms with Crippen LogP contribution in [0.2, 0.25) is 0 Å². The average molecular weight is 311 g/mol. The zero-order valence-electron chi connectivity index (χ0n) is 13.9. The summed E-state index contributed by atoms with van der Waals surface area (Å²) in [7, 11) is 0. The number of rotatable bonds is 8. The van der Waals surface area contributed by atoms with Gasteiger partial charge in [0, 0.05) is 6.54 Å². The molecule has 1 atom stereocenters. The number of benzene rings is 2. The molecular formula is C20H25NO2. The average Bonchev–Trinajstić information content (AvgIpc) is 2.57. The Morgan fingerprint density at radius 1 is 1.13 bits per heavy atom. The molecule has 0 aliphatic rings. The highest BCUT2D eigenvalue weighted by molar-refractivity contribution is 5.81. The van der Waals surface area contributed by atoms with E-state index in [4.69, 9.17) is 4.74 Å². The molecular weight excluding hydrogens is 286 g/mol. The molecule has 1 unspecified atom stereocenters. The van der Waals surface area contributed by atoms with Gasteiger partial charge in [-0.05, 0) is 49.4 Å². The number of amides is 1. The number of carbonyl (C=O) groups is 1. The predicted molar refractivity (Wildman–Crippen MR) is 93.7 cm³/mol. The van der Waals surface area contributed by atoms with E-state index in [-0.39, 0.29) is 5.91 Å². The monoisotopic (exact) mass is 311 g/mol. The van der Waals surface area contributed by atoms with E-state index in [1.54, 1.807) is 0 Å². The lowest BCUT2D eigenvalue weighted by molar-refractivity contribution is -0.128. The van der Waals surface area contributed by atoms with Crippen molar-refractivity contribution in [2.24, 2.45) is 0 Å². The highest BCUT2D eigenvalue weighted by atomic mass is 16.5. The van der Waals surface area contributed by atoms with Crippen LogP contribution in [0.5, 0.6) is 5.75 Å². The Kier molecular flexibility index (Phi) is 6.67. The van der Waals surface area contributed by atoms with E-state index in [2.05, 4.69) is 17.4 Å². The second kappa shape index (κ2) is 8.99.